The highest BCUT2D eigenvalue weighted by Crippen LogP contribution is 2.34. The zero-order valence-electron chi connectivity index (χ0n) is 14.0. The number of alkyl halides is 2. The average Bonchev–Trinajstić information content (AvgIpc) is 3.06. The first-order valence-corrected chi connectivity index (χ1v) is 9.23. The quantitative estimate of drug-likeness (QED) is 0.785. The lowest BCUT2D eigenvalue weighted by Gasteiger charge is -2.05. The van der Waals surface area contributed by atoms with Crippen LogP contribution in [0.25, 0.3) is 5.70 Å². The van der Waals surface area contributed by atoms with Crippen LogP contribution < -0.4 is 9.88 Å². The van der Waals surface area contributed by atoms with Gasteiger partial charge in [0, 0.05) is 18.2 Å². The molecule has 2 aromatic carbocycles. The highest BCUT2D eigenvalue weighted by atomic mass is 32.2. The maximum atomic E-state index is 14.0. The number of hydrogen-bond donors (Lipinski definition) is 1. The van der Waals surface area contributed by atoms with E-state index in [1.54, 1.807) is 0 Å². The first-order chi connectivity index (χ1) is 12.7. The van der Waals surface area contributed by atoms with Gasteiger partial charge in [0.2, 0.25) is 21.4 Å². The van der Waals surface area contributed by atoms with Crippen LogP contribution in [-0.2, 0) is 10.0 Å². The maximum absolute atomic E-state index is 14.0. The van der Waals surface area contributed by atoms with Gasteiger partial charge in [-0.3, -0.25) is 0 Å². The van der Waals surface area contributed by atoms with Crippen molar-refractivity contribution in [1.82, 2.24) is 0 Å². The highest BCUT2D eigenvalue weighted by Gasteiger charge is 2.36. The monoisotopic (exact) mass is 398 g/mol. The number of sulfonamides is 1. The van der Waals surface area contributed by atoms with Gasteiger partial charge in [0.25, 0.3) is 6.43 Å². The van der Waals surface area contributed by atoms with Crippen molar-refractivity contribution in [2.45, 2.75) is 17.4 Å². The van der Waals surface area contributed by atoms with Crippen molar-refractivity contribution in [3.63, 3.8) is 0 Å². The number of benzene rings is 2. The molecule has 2 N–H and O–H groups in total. The van der Waals surface area contributed by atoms with E-state index in [2.05, 4.69) is 5.11 Å². The molecule has 1 heterocycles. The van der Waals surface area contributed by atoms with Gasteiger partial charge in [-0.05, 0) is 40.1 Å². The maximum Gasteiger partial charge on any atom is 0.270 e. The molecule has 10 heteroatoms. The first kappa shape index (κ1) is 19.1. The molecule has 0 saturated heterocycles. The van der Waals surface area contributed by atoms with Crippen molar-refractivity contribution < 1.29 is 31.0 Å². The van der Waals surface area contributed by atoms with Crippen LogP contribution in [0.2, 0.25) is 0 Å². The van der Waals surface area contributed by atoms with Gasteiger partial charge in [0.15, 0.2) is 17.6 Å². The number of methoxy groups -OCH3 is 1. The number of primary sulfonamides is 1. The molecule has 1 aliphatic rings. The van der Waals surface area contributed by atoms with E-state index in [1.165, 1.54) is 54.3 Å². The molecule has 27 heavy (non-hydrogen) atoms. The predicted molar refractivity (Wildman–Crippen MR) is 90.9 cm³/mol. The second-order valence-electron chi connectivity index (χ2n) is 5.69. The number of azo groups is 2. The Labute approximate surface area is 153 Å². The van der Waals surface area contributed by atoms with Crippen LogP contribution >= 0.6 is 0 Å². The molecule has 0 radical (unpaired) electrons. The third-order valence-corrected chi connectivity index (χ3v) is 4.85. The van der Waals surface area contributed by atoms with Gasteiger partial charge < -0.3 is 4.74 Å². The Bertz CT molecular complexity index is 1040. The van der Waals surface area contributed by atoms with Crippen molar-refractivity contribution in [2.75, 3.05) is 7.11 Å². The summed E-state index contributed by atoms with van der Waals surface area (Å²) in [4.78, 5) is -0.128. The first-order valence-electron chi connectivity index (χ1n) is 7.68. The van der Waals surface area contributed by atoms with Gasteiger partial charge in [0.05, 0.1) is 17.6 Å². The Kier molecular flexibility index (Phi) is 5.03. The standard InChI is InChI=1S/C17H15F3N3O3S/c1-26-16-7-2-10(8-13(16)18)15-9-14(17(19)20)22-23(15)11-3-5-12(6-4-11)27(21,24)25/h2-9,14,17H,1H3,(H2,21,24,25)/q+1. The lowest BCUT2D eigenvalue weighted by molar-refractivity contribution is -0.412. The van der Waals surface area contributed by atoms with Gasteiger partial charge in [0.1, 0.15) is 0 Å². The smallest absolute Gasteiger partial charge is 0.270 e. The van der Waals surface area contributed by atoms with Gasteiger partial charge in [-0.15, -0.1) is 0 Å². The van der Waals surface area contributed by atoms with E-state index in [0.717, 1.165) is 6.07 Å². The summed E-state index contributed by atoms with van der Waals surface area (Å²) in [5, 5.41) is 8.99. The van der Waals surface area contributed by atoms with E-state index < -0.39 is 28.3 Å². The van der Waals surface area contributed by atoms with Crippen LogP contribution in [-0.4, -0.2) is 32.7 Å². The third kappa shape index (κ3) is 3.86. The zero-order valence-corrected chi connectivity index (χ0v) is 14.8. The molecule has 0 spiro atoms. The summed E-state index contributed by atoms with van der Waals surface area (Å²) in [6, 6.07) is 7.87. The number of halogens is 3. The lowest BCUT2D eigenvalue weighted by Crippen LogP contribution is -2.12. The summed E-state index contributed by atoms with van der Waals surface area (Å²) in [5.41, 5.74) is 0.883. The van der Waals surface area contributed by atoms with E-state index in [0.29, 0.717) is 11.3 Å². The number of ether oxygens (including phenoxy) is 1. The molecular formula is C17H15F3N3O3S+. The number of hydrogen-bond acceptors (Lipinski definition) is 4. The molecule has 1 aliphatic heterocycles. The zero-order chi connectivity index (χ0) is 19.8. The summed E-state index contributed by atoms with van der Waals surface area (Å²) >= 11 is 0. The van der Waals surface area contributed by atoms with Gasteiger partial charge in [-0.1, -0.05) is 0 Å². The van der Waals surface area contributed by atoms with Crippen LogP contribution in [0.15, 0.2) is 58.6 Å². The van der Waals surface area contributed by atoms with E-state index in [1.807, 2.05) is 0 Å². The normalized spacial score (nSPS) is 17.0. The molecule has 0 bridgehead atoms. The molecule has 1 unspecified atom stereocenters. The topological polar surface area (TPSA) is 84.8 Å². The number of rotatable bonds is 5. The summed E-state index contributed by atoms with van der Waals surface area (Å²) in [6.07, 6.45) is -1.53. The minimum absolute atomic E-state index is 0.0174. The molecule has 0 aromatic heterocycles. The summed E-state index contributed by atoms with van der Waals surface area (Å²) in [7, 11) is -2.58. The average molecular weight is 398 g/mol. The molecule has 0 fully saturated rings. The fraction of sp³-hybridized carbons (Fsp3) is 0.176. The SMILES string of the molecule is COc1ccc(C2=CC(C(F)F)N=[N+]2c2ccc(S(N)(=O)=O)cc2)cc1F. The predicted octanol–water partition coefficient (Wildman–Crippen LogP) is 3.27. The molecule has 2 aromatic rings. The van der Waals surface area contributed by atoms with Crippen molar-refractivity contribution in [2.24, 2.45) is 10.3 Å². The molecule has 1 atom stereocenters. The van der Waals surface area contributed by atoms with E-state index in [9.17, 15) is 21.6 Å². The van der Waals surface area contributed by atoms with Gasteiger partial charge in [-0.2, -0.15) is 0 Å². The van der Waals surface area contributed by atoms with Crippen molar-refractivity contribution in [3.05, 3.63) is 59.9 Å². The Morgan fingerprint density at radius 3 is 2.37 bits per heavy atom. The minimum atomic E-state index is -3.89. The van der Waals surface area contributed by atoms with E-state index >= 15 is 0 Å². The van der Waals surface area contributed by atoms with Crippen LogP contribution in [0.4, 0.5) is 18.9 Å². The van der Waals surface area contributed by atoms with Crippen molar-refractivity contribution in [3.8, 4) is 5.75 Å². The lowest BCUT2D eigenvalue weighted by atomic mass is 10.1. The molecule has 3 rings (SSSR count). The molecular weight excluding hydrogens is 383 g/mol. The Balaban J connectivity index is 2.05. The summed E-state index contributed by atoms with van der Waals surface area (Å²) in [6.45, 7) is 0. The van der Waals surface area contributed by atoms with Gasteiger partial charge in [-0.25, -0.2) is 26.7 Å². The summed E-state index contributed by atoms with van der Waals surface area (Å²) < 4.78 is 69.2. The van der Waals surface area contributed by atoms with Gasteiger partial charge >= 0.3 is 0 Å². The largest absolute Gasteiger partial charge is 0.494 e. The molecule has 6 nitrogen and oxygen atoms in total. The third-order valence-electron chi connectivity index (χ3n) is 3.92. The number of nitrogens with two attached hydrogens (primary N) is 1. The second kappa shape index (κ2) is 7.12. The van der Waals surface area contributed by atoms with Crippen LogP contribution in [0.5, 0.6) is 5.75 Å². The fourth-order valence-corrected chi connectivity index (χ4v) is 3.13. The minimum Gasteiger partial charge on any atom is -0.494 e. The van der Waals surface area contributed by atoms with Crippen LogP contribution in [0, 0.1) is 5.82 Å². The molecule has 0 amide bonds. The van der Waals surface area contributed by atoms with E-state index in [4.69, 9.17) is 9.88 Å². The van der Waals surface area contributed by atoms with E-state index in [-0.39, 0.29) is 16.3 Å². The highest BCUT2D eigenvalue weighted by molar-refractivity contribution is 7.89. The Morgan fingerprint density at radius 1 is 1.19 bits per heavy atom. The Morgan fingerprint density at radius 2 is 1.85 bits per heavy atom. The summed E-state index contributed by atoms with van der Waals surface area (Å²) in [5.74, 6) is -0.635. The van der Waals surface area contributed by atoms with Crippen LogP contribution in [0.3, 0.4) is 0 Å². The number of nitrogens with zero attached hydrogens (tertiary/aromatic N) is 2. The molecule has 142 valence electrons. The molecule has 0 saturated carbocycles. The van der Waals surface area contributed by atoms with Crippen LogP contribution in [0.1, 0.15) is 5.56 Å². The second-order valence-corrected chi connectivity index (χ2v) is 7.25. The Hall–Kier alpha value is -2.72. The van der Waals surface area contributed by atoms with Crippen molar-refractivity contribution >= 4 is 21.4 Å². The fourth-order valence-electron chi connectivity index (χ4n) is 2.61. The van der Waals surface area contributed by atoms with Crippen molar-refractivity contribution in [1.29, 1.82) is 0 Å². The molecule has 0 aliphatic carbocycles.